The molecule has 0 atom stereocenters. The quantitative estimate of drug-likeness (QED) is 0.0597. The Morgan fingerprint density at radius 1 is 0.184 bits per heavy atom. The minimum atomic E-state index is -0.808. The molecule has 0 aliphatic rings. The first kappa shape index (κ1) is 99.8. The lowest BCUT2D eigenvalue weighted by atomic mass is 10.1. The number of phenols is 21. The van der Waals surface area contributed by atoms with Crippen molar-refractivity contribution in [3.8, 4) is 229 Å². The van der Waals surface area contributed by atoms with Gasteiger partial charge in [0.15, 0.2) is 68.1 Å². The second kappa shape index (κ2) is 41.2. The van der Waals surface area contributed by atoms with E-state index < -0.39 is 84.3 Å². The highest BCUT2D eigenvalue weighted by atomic mass is 16.5. The molecule has 0 bridgehead atoms. The maximum Gasteiger partial charge on any atom is 0.239 e. The molecule has 0 aliphatic heterocycles. The molecule has 7 aromatic heterocycles. The molecule has 0 saturated carbocycles. The Morgan fingerprint density at radius 2 is 0.469 bits per heavy atom. The van der Waals surface area contributed by atoms with E-state index in [4.69, 9.17) is 40.4 Å². The van der Waals surface area contributed by atoms with E-state index in [0.29, 0.717) is 55.9 Å². The summed E-state index contributed by atoms with van der Waals surface area (Å²) in [7, 11) is 2.84. The molecule has 0 unspecified atom stereocenters. The van der Waals surface area contributed by atoms with Crippen LogP contribution < -0.4 is 47.5 Å². The molecule has 0 radical (unpaired) electrons. The van der Waals surface area contributed by atoms with E-state index in [1.807, 2.05) is 0 Å². The van der Waals surface area contributed by atoms with Gasteiger partial charge in [-0.1, -0.05) is 0 Å². The maximum absolute atomic E-state index is 12.5. The molecule has 0 aliphatic carbocycles. The van der Waals surface area contributed by atoms with Crippen LogP contribution in [0.2, 0.25) is 0 Å². The second-order valence-electron chi connectivity index (χ2n) is 31.6. The average molecular weight is 2000 g/mol. The Kier molecular flexibility index (Phi) is 28.0. The molecule has 21 rings (SSSR count). The third kappa shape index (κ3) is 21.3. The fourth-order valence-electron chi connectivity index (χ4n) is 14.7. The van der Waals surface area contributed by atoms with Crippen molar-refractivity contribution in [1.29, 1.82) is 0 Å². The average Bonchev–Trinajstić information content (AvgIpc) is 0.757. The van der Waals surface area contributed by atoms with Gasteiger partial charge in [0, 0.05) is 130 Å². The largest absolute Gasteiger partial charge is 0.508 e. The number of methoxy groups -OCH3 is 2. The van der Waals surface area contributed by atoms with Crippen molar-refractivity contribution < 1.29 is 163 Å². The zero-order valence-electron chi connectivity index (χ0n) is 75.2. The SMILES string of the molecule is COc1c(-c2ccc(O)cc2)oc2cc(O)cc(O)c2c1=O.COc1ccc(-c2oc3cc(O)cc(O)c3c(=O)c2O)cc1.O=c1c(O)c(-c2ccc(O)cc2)oc2cc(O)cc(O)c12.O=c1c(O)c(-c2ccc(O)cc2)oc2cc(O)ccc12.O=c1cc(-c2cc(O)c(O)c(O)c2)oc2cc(O)cc(O)c12.O=c1cc(-c2ccc(O)c(O)c2)oc2cc(O)cc(O)c12.O=c1cc(-c2ccc(O)cc2)oc2cc(O)ccc12. The molecule has 21 aromatic rings. The zero-order valence-corrected chi connectivity index (χ0v) is 75.2. The van der Waals surface area contributed by atoms with Crippen LogP contribution in [0.4, 0.5) is 0 Å². The second-order valence-corrected chi connectivity index (χ2v) is 31.6. The summed E-state index contributed by atoms with van der Waals surface area (Å²) in [6, 6.07) is 59.7. The lowest BCUT2D eigenvalue weighted by molar-refractivity contribution is 0.368. The van der Waals surface area contributed by atoms with Gasteiger partial charge in [-0.25, -0.2) is 0 Å². The number of hydrogen-bond donors (Lipinski definition) is 24. The fraction of sp³-hybridized carbons (Fsp3) is 0.0187. The first-order chi connectivity index (χ1) is 70.0. The molecule has 147 heavy (non-hydrogen) atoms. The topological polar surface area (TPSA) is 715 Å². The summed E-state index contributed by atoms with van der Waals surface area (Å²) >= 11 is 0. The third-order valence-corrected chi connectivity index (χ3v) is 21.7. The summed E-state index contributed by atoms with van der Waals surface area (Å²) in [5, 5.41) is 229. The smallest absolute Gasteiger partial charge is 0.239 e. The van der Waals surface area contributed by atoms with Crippen molar-refractivity contribution in [2.75, 3.05) is 14.2 Å². The van der Waals surface area contributed by atoms with Crippen molar-refractivity contribution in [3.05, 3.63) is 338 Å². The van der Waals surface area contributed by atoms with Gasteiger partial charge in [0.2, 0.25) is 44.7 Å². The molecule has 0 saturated heterocycles. The van der Waals surface area contributed by atoms with Crippen molar-refractivity contribution >= 4 is 76.8 Å². The molecule has 0 spiro atoms. The number of hydrogen-bond acceptors (Lipinski definition) is 40. The van der Waals surface area contributed by atoms with Gasteiger partial charge in [-0.05, 0) is 176 Å². The van der Waals surface area contributed by atoms with Gasteiger partial charge in [-0.3, -0.25) is 33.6 Å². The highest BCUT2D eigenvalue weighted by Crippen LogP contribution is 2.45. The van der Waals surface area contributed by atoms with Crippen LogP contribution in [0.15, 0.2) is 331 Å². The van der Waals surface area contributed by atoms with Gasteiger partial charge in [0.25, 0.3) is 0 Å². The van der Waals surface area contributed by atoms with E-state index in [2.05, 4.69) is 0 Å². The Hall–Kier alpha value is -21.6. The van der Waals surface area contributed by atoms with E-state index in [9.17, 15) is 156 Å². The van der Waals surface area contributed by atoms with Gasteiger partial charge < -0.3 is 163 Å². The highest BCUT2D eigenvalue weighted by molar-refractivity contribution is 5.93. The normalized spacial score (nSPS) is 10.8. The van der Waals surface area contributed by atoms with Crippen LogP contribution in [-0.4, -0.2) is 137 Å². The highest BCUT2D eigenvalue weighted by Gasteiger charge is 2.26. The van der Waals surface area contributed by atoms with Crippen molar-refractivity contribution in [3.63, 3.8) is 0 Å². The molecule has 0 amide bonds. The Morgan fingerprint density at radius 3 is 0.864 bits per heavy atom. The monoisotopic (exact) mass is 2000 g/mol. The van der Waals surface area contributed by atoms with E-state index in [0.717, 1.165) is 60.7 Å². The molecule has 14 aromatic carbocycles. The zero-order chi connectivity index (χ0) is 106. The summed E-state index contributed by atoms with van der Waals surface area (Å²) in [5.41, 5.74) is -0.563. The molecule has 0 fully saturated rings. The Balaban J connectivity index is 0.000000129. The summed E-state index contributed by atoms with van der Waals surface area (Å²) in [6.07, 6.45) is 0. The molecular weight excluding hydrogens is 1930 g/mol. The van der Waals surface area contributed by atoms with Crippen LogP contribution in [0.5, 0.6) is 149 Å². The standard InChI is InChI=1S/2C16H12O6.C15H10O7.2C15H10O6.C15H10O5.C15H10O4/c1-21-10-4-2-8(3-5-10)16-15(20)14(19)13-11(18)6-9(17)7-12(13)22-16;1-21-16-14(20)13-11(19)6-10(18)7-12(13)22-15(16)8-2-4-9(17)5-3-8;16-7-3-8(17)14-9(18)5-12(22-13(14)4-7)6-1-10(19)15(21)11(20)2-6;16-8-3-1-7(2-4-8)15-14(20)13(19)12-10(18)5-9(17)6-11(12)21-15;16-8-4-11(19)15-12(20)6-13(21-14(15)5-8)7-1-2-9(17)10(18)3-7;16-9-3-1-8(2-4-9)15-14(19)13(18)11-6-5-10(17)7-12(11)20-15;16-10-3-1-9(2-4-10)14-8-13(18)12-6-5-11(17)7-15(12)19-14/h2-7,17-18,20H,1H3;2-7,17-19H,1H3;1-5,16-17,19-21H;1-6,16-18,20H;1-6,16-19H;1-7,16-17,19H;1-8,16-17H. The number of phenolic OH excluding ortho intramolecular Hbond substituents is 21. The van der Waals surface area contributed by atoms with Gasteiger partial charge in [0.05, 0.1) is 25.0 Å². The van der Waals surface area contributed by atoms with Gasteiger partial charge in [-0.15, -0.1) is 0 Å². The Bertz CT molecular complexity index is 9180. The van der Waals surface area contributed by atoms with E-state index in [1.165, 1.54) is 172 Å². The summed E-state index contributed by atoms with van der Waals surface area (Å²) < 4.78 is 48.7. The van der Waals surface area contributed by atoms with E-state index in [-0.39, 0.29) is 203 Å². The van der Waals surface area contributed by atoms with Crippen molar-refractivity contribution in [2.45, 2.75) is 0 Å². The first-order valence-electron chi connectivity index (χ1n) is 42.4. The van der Waals surface area contributed by atoms with Crippen LogP contribution in [0.3, 0.4) is 0 Å². The predicted molar refractivity (Wildman–Crippen MR) is 528 cm³/mol. The number of aromatic hydroxyl groups is 24. The predicted octanol–water partition coefficient (Wildman–Crippen LogP) is 17.2. The maximum atomic E-state index is 12.5. The van der Waals surface area contributed by atoms with Crippen LogP contribution in [0.1, 0.15) is 0 Å². The number of ether oxygens (including phenoxy) is 2. The number of rotatable bonds is 9. The van der Waals surface area contributed by atoms with Crippen molar-refractivity contribution in [1.82, 2.24) is 0 Å². The molecule has 40 nitrogen and oxygen atoms in total. The summed E-state index contributed by atoms with van der Waals surface area (Å²) in [6.45, 7) is 0. The summed E-state index contributed by atoms with van der Waals surface area (Å²) in [5.74, 6) is -6.38. The minimum absolute atomic E-state index is 0.00639. The summed E-state index contributed by atoms with van der Waals surface area (Å²) in [4.78, 5) is 84.9. The molecule has 40 heteroatoms. The van der Waals surface area contributed by atoms with Crippen LogP contribution in [-0.2, 0) is 0 Å². The van der Waals surface area contributed by atoms with Gasteiger partial charge in [-0.2, -0.15) is 0 Å². The number of fused-ring (bicyclic) bond motifs is 7. The van der Waals surface area contributed by atoms with Crippen molar-refractivity contribution in [2.24, 2.45) is 0 Å². The lowest BCUT2D eigenvalue weighted by Gasteiger charge is -2.10. The Labute approximate surface area is 817 Å². The first-order valence-corrected chi connectivity index (χ1v) is 42.4. The van der Waals surface area contributed by atoms with Gasteiger partial charge in [0.1, 0.15) is 181 Å². The van der Waals surface area contributed by atoms with E-state index >= 15 is 0 Å². The van der Waals surface area contributed by atoms with Crippen LogP contribution in [0.25, 0.3) is 156 Å². The molecule has 742 valence electrons. The molecular formula is C107H74O40. The molecule has 24 N–H and O–H groups in total. The van der Waals surface area contributed by atoms with Crippen LogP contribution >= 0.6 is 0 Å². The lowest BCUT2D eigenvalue weighted by Crippen LogP contribution is -2.07. The third-order valence-electron chi connectivity index (χ3n) is 21.7. The minimum Gasteiger partial charge on any atom is -0.508 e. The van der Waals surface area contributed by atoms with Crippen LogP contribution in [0, 0.1) is 0 Å². The van der Waals surface area contributed by atoms with E-state index in [1.54, 1.807) is 48.5 Å². The number of benzene rings is 14. The fourth-order valence-corrected chi connectivity index (χ4v) is 14.7. The van der Waals surface area contributed by atoms with Gasteiger partial charge >= 0.3 is 0 Å². The molecule has 7 heterocycles.